The summed E-state index contributed by atoms with van der Waals surface area (Å²) in [6.45, 7) is 0. The second kappa shape index (κ2) is 4.20. The summed E-state index contributed by atoms with van der Waals surface area (Å²) >= 11 is 1.71. The summed E-state index contributed by atoms with van der Waals surface area (Å²) in [7, 11) is 2.89. The van der Waals surface area contributed by atoms with Crippen molar-refractivity contribution in [1.29, 1.82) is 0 Å². The number of nitrogens with zero attached hydrogens (tertiary/aromatic N) is 1. The Bertz CT molecular complexity index is 379. The Labute approximate surface area is 94.0 Å². The van der Waals surface area contributed by atoms with E-state index in [1.54, 1.807) is 22.6 Å². The van der Waals surface area contributed by atoms with Gasteiger partial charge in [-0.15, -0.1) is 0 Å². The van der Waals surface area contributed by atoms with E-state index in [9.17, 15) is 13.6 Å². The zero-order valence-corrected chi connectivity index (χ0v) is 9.80. The molecule has 2 nitrogen and oxygen atoms in total. The number of carbonyl (C=O) groups excluding carboxylic acids is 1. The van der Waals surface area contributed by atoms with Gasteiger partial charge >= 0.3 is 0 Å². The Balaban J connectivity index is 3.33. The molecule has 0 saturated heterocycles. The Kier molecular flexibility index (Phi) is 3.41. The molecule has 1 aromatic carbocycles. The van der Waals surface area contributed by atoms with Gasteiger partial charge in [0.2, 0.25) is 0 Å². The summed E-state index contributed by atoms with van der Waals surface area (Å²) in [6, 6.07) is 2.37. The van der Waals surface area contributed by atoms with Crippen LogP contribution in [0.25, 0.3) is 0 Å². The average molecular weight is 311 g/mol. The highest BCUT2D eigenvalue weighted by atomic mass is 127. The minimum Gasteiger partial charge on any atom is -0.345 e. The predicted octanol–water partition coefficient (Wildman–Crippen LogP) is 2.27. The molecule has 1 aromatic rings. The Morgan fingerprint density at radius 2 is 1.93 bits per heavy atom. The van der Waals surface area contributed by atoms with Crippen molar-refractivity contribution in [2.45, 2.75) is 0 Å². The molecule has 0 N–H and O–H groups in total. The fraction of sp³-hybridized carbons (Fsp3) is 0.222. The van der Waals surface area contributed by atoms with Gasteiger partial charge in [-0.1, -0.05) is 0 Å². The van der Waals surface area contributed by atoms with Gasteiger partial charge in [0.15, 0.2) is 5.82 Å². The van der Waals surface area contributed by atoms with Crippen LogP contribution in [0, 0.1) is 15.2 Å². The van der Waals surface area contributed by atoms with Crippen LogP contribution in [0.4, 0.5) is 8.78 Å². The second-order valence-corrected chi connectivity index (χ2v) is 4.08. The zero-order valence-electron chi connectivity index (χ0n) is 7.64. The number of benzene rings is 1. The van der Waals surface area contributed by atoms with E-state index in [2.05, 4.69) is 0 Å². The molecule has 1 rings (SSSR count). The summed E-state index contributed by atoms with van der Waals surface area (Å²) in [5.41, 5.74) is -0.498. The smallest absolute Gasteiger partial charge is 0.259 e. The topological polar surface area (TPSA) is 20.3 Å². The molecule has 0 aliphatic heterocycles. The summed E-state index contributed by atoms with van der Waals surface area (Å²) in [4.78, 5) is 12.5. The summed E-state index contributed by atoms with van der Waals surface area (Å²) in [5, 5.41) is 0. The van der Waals surface area contributed by atoms with Crippen LogP contribution in [0.1, 0.15) is 10.4 Å². The summed E-state index contributed by atoms with van der Waals surface area (Å²) < 4.78 is 26.8. The van der Waals surface area contributed by atoms with E-state index < -0.39 is 23.1 Å². The molecule has 0 bridgehead atoms. The van der Waals surface area contributed by atoms with Crippen LogP contribution in [0.15, 0.2) is 12.1 Å². The number of amides is 1. The van der Waals surface area contributed by atoms with E-state index >= 15 is 0 Å². The molecule has 0 saturated carbocycles. The van der Waals surface area contributed by atoms with Crippen LogP contribution in [0.2, 0.25) is 0 Å². The Morgan fingerprint density at radius 3 is 2.43 bits per heavy atom. The maximum atomic E-state index is 13.4. The molecule has 0 atom stereocenters. The standard InChI is InChI=1S/C9H8F2INO/c1-13(2)9(14)7-5(10)3-4-6(12)8(7)11/h3-4H,1-2H3. The van der Waals surface area contributed by atoms with Gasteiger partial charge in [0.1, 0.15) is 11.4 Å². The molecule has 76 valence electrons. The van der Waals surface area contributed by atoms with E-state index in [-0.39, 0.29) is 3.57 Å². The summed E-state index contributed by atoms with van der Waals surface area (Å²) in [6.07, 6.45) is 0. The van der Waals surface area contributed by atoms with E-state index in [0.29, 0.717) is 0 Å². The van der Waals surface area contributed by atoms with Crippen molar-refractivity contribution in [3.8, 4) is 0 Å². The predicted molar refractivity (Wildman–Crippen MR) is 57.1 cm³/mol. The first-order valence-corrected chi connectivity index (χ1v) is 4.88. The first-order chi connectivity index (χ1) is 6.45. The Morgan fingerprint density at radius 1 is 1.36 bits per heavy atom. The van der Waals surface area contributed by atoms with Crippen LogP contribution in [-0.2, 0) is 0 Å². The molecule has 0 spiro atoms. The first-order valence-electron chi connectivity index (χ1n) is 3.80. The lowest BCUT2D eigenvalue weighted by Gasteiger charge is -2.12. The first kappa shape index (κ1) is 11.4. The number of carbonyl (C=O) groups is 1. The van der Waals surface area contributed by atoms with Crippen LogP contribution >= 0.6 is 22.6 Å². The quantitative estimate of drug-likeness (QED) is 0.575. The fourth-order valence-electron chi connectivity index (χ4n) is 0.947. The normalized spacial score (nSPS) is 10.1. The molecule has 5 heteroatoms. The number of rotatable bonds is 1. The largest absolute Gasteiger partial charge is 0.345 e. The monoisotopic (exact) mass is 311 g/mol. The SMILES string of the molecule is CN(C)C(=O)c1c(F)ccc(I)c1F. The van der Waals surface area contributed by atoms with Crippen LogP contribution in [-0.4, -0.2) is 24.9 Å². The third-order valence-corrected chi connectivity index (χ3v) is 2.50. The van der Waals surface area contributed by atoms with Crippen LogP contribution in [0.3, 0.4) is 0 Å². The van der Waals surface area contributed by atoms with Crippen LogP contribution in [0.5, 0.6) is 0 Å². The van der Waals surface area contributed by atoms with Crippen molar-refractivity contribution in [2.75, 3.05) is 14.1 Å². The molecule has 0 aromatic heterocycles. The lowest BCUT2D eigenvalue weighted by Crippen LogP contribution is -2.24. The van der Waals surface area contributed by atoms with Gasteiger partial charge in [-0.05, 0) is 34.7 Å². The number of halogens is 3. The second-order valence-electron chi connectivity index (χ2n) is 2.92. The lowest BCUT2D eigenvalue weighted by molar-refractivity contribution is 0.0818. The third-order valence-electron chi connectivity index (χ3n) is 1.66. The molecular formula is C9H8F2INO. The minimum atomic E-state index is -0.832. The van der Waals surface area contributed by atoms with Gasteiger partial charge in [-0.3, -0.25) is 4.79 Å². The van der Waals surface area contributed by atoms with Crippen molar-refractivity contribution in [3.63, 3.8) is 0 Å². The highest BCUT2D eigenvalue weighted by Gasteiger charge is 2.20. The lowest BCUT2D eigenvalue weighted by atomic mass is 10.2. The zero-order chi connectivity index (χ0) is 10.9. The molecule has 0 heterocycles. The molecule has 0 radical (unpaired) electrons. The number of hydrogen-bond donors (Lipinski definition) is 0. The third kappa shape index (κ3) is 2.02. The summed E-state index contributed by atoms with van der Waals surface area (Å²) in [5.74, 6) is -2.30. The Hall–Kier alpha value is -0.720. The van der Waals surface area contributed by atoms with Crippen molar-refractivity contribution in [1.82, 2.24) is 4.90 Å². The molecule has 0 aliphatic rings. The van der Waals surface area contributed by atoms with Crippen molar-refractivity contribution in [2.24, 2.45) is 0 Å². The molecule has 0 fully saturated rings. The highest BCUT2D eigenvalue weighted by Crippen LogP contribution is 2.19. The maximum Gasteiger partial charge on any atom is 0.259 e. The maximum absolute atomic E-state index is 13.4. The van der Waals surface area contributed by atoms with Gasteiger partial charge in [-0.2, -0.15) is 0 Å². The fourth-order valence-corrected chi connectivity index (χ4v) is 1.40. The van der Waals surface area contributed by atoms with E-state index in [1.807, 2.05) is 0 Å². The minimum absolute atomic E-state index is 0.231. The van der Waals surface area contributed by atoms with E-state index in [4.69, 9.17) is 0 Å². The molecule has 14 heavy (non-hydrogen) atoms. The van der Waals surface area contributed by atoms with Gasteiger partial charge in [-0.25, -0.2) is 8.78 Å². The van der Waals surface area contributed by atoms with Gasteiger partial charge in [0, 0.05) is 17.7 Å². The molecule has 1 amide bonds. The molecular weight excluding hydrogens is 303 g/mol. The van der Waals surface area contributed by atoms with Gasteiger partial charge in [0.05, 0.1) is 0 Å². The average Bonchev–Trinajstić information content (AvgIpc) is 2.12. The van der Waals surface area contributed by atoms with Crippen molar-refractivity contribution in [3.05, 3.63) is 32.9 Å². The highest BCUT2D eigenvalue weighted by molar-refractivity contribution is 14.1. The van der Waals surface area contributed by atoms with Gasteiger partial charge in [0.25, 0.3) is 5.91 Å². The van der Waals surface area contributed by atoms with Crippen molar-refractivity contribution < 1.29 is 13.6 Å². The van der Waals surface area contributed by atoms with Crippen LogP contribution < -0.4 is 0 Å². The molecule has 0 unspecified atom stereocenters. The number of hydrogen-bond acceptors (Lipinski definition) is 1. The van der Waals surface area contributed by atoms with Gasteiger partial charge < -0.3 is 4.90 Å². The van der Waals surface area contributed by atoms with E-state index in [0.717, 1.165) is 11.0 Å². The van der Waals surface area contributed by atoms with Crippen molar-refractivity contribution >= 4 is 28.5 Å². The van der Waals surface area contributed by atoms with E-state index in [1.165, 1.54) is 20.2 Å². The molecule has 0 aliphatic carbocycles.